The number of aliphatic carboxylic acids is 1. The summed E-state index contributed by atoms with van der Waals surface area (Å²) < 4.78 is 31.7. The average Bonchev–Trinajstić information content (AvgIpc) is 3.06. The molecule has 1 aliphatic rings. The van der Waals surface area contributed by atoms with Crippen LogP contribution >= 0.6 is 11.3 Å². The summed E-state index contributed by atoms with van der Waals surface area (Å²) in [6.45, 7) is 4.03. The molecule has 0 saturated heterocycles. The van der Waals surface area contributed by atoms with Gasteiger partial charge >= 0.3 is 18.1 Å². The van der Waals surface area contributed by atoms with Crippen molar-refractivity contribution in [1.29, 1.82) is 0 Å². The number of carbonyl (C=O) groups excluding carboxylic acids is 1. The van der Waals surface area contributed by atoms with E-state index in [1.807, 2.05) is 30.3 Å². The number of nitrogens with zero attached hydrogens (tertiary/aromatic N) is 1. The van der Waals surface area contributed by atoms with Gasteiger partial charge in [0.05, 0.1) is 0 Å². The second-order valence-electron chi connectivity index (χ2n) is 6.51. The van der Waals surface area contributed by atoms with Gasteiger partial charge in [-0.15, -0.1) is 11.3 Å². The molecule has 0 bridgehead atoms. The Balaban J connectivity index is 0.000000396. The lowest BCUT2D eigenvalue weighted by Gasteiger charge is -2.26. The normalized spacial score (nSPS) is 13.6. The third kappa shape index (κ3) is 6.85. The van der Waals surface area contributed by atoms with Crippen LogP contribution in [0.3, 0.4) is 0 Å². The molecule has 30 heavy (non-hydrogen) atoms. The predicted octanol–water partition coefficient (Wildman–Crippen LogP) is 3.60. The number of carboxylic acid groups (broad SMARTS) is 2. The van der Waals surface area contributed by atoms with E-state index in [-0.39, 0.29) is 5.91 Å². The third-order valence-electron chi connectivity index (χ3n) is 4.09. The zero-order valence-electron chi connectivity index (χ0n) is 15.8. The summed E-state index contributed by atoms with van der Waals surface area (Å²) in [4.78, 5) is 34.9. The van der Waals surface area contributed by atoms with Crippen LogP contribution in [0.1, 0.15) is 32.6 Å². The van der Waals surface area contributed by atoms with E-state index in [1.165, 1.54) is 29.4 Å². The Morgan fingerprint density at radius 1 is 1.17 bits per heavy atom. The van der Waals surface area contributed by atoms with Gasteiger partial charge in [-0.25, -0.2) is 9.59 Å². The first-order chi connectivity index (χ1) is 14.0. The summed E-state index contributed by atoms with van der Waals surface area (Å²) in [7, 11) is 0. The summed E-state index contributed by atoms with van der Waals surface area (Å²) in [6, 6.07) is 9.64. The number of aromatic carboxylic acids is 1. The zero-order chi connectivity index (χ0) is 22.5. The highest BCUT2D eigenvalue weighted by Crippen LogP contribution is 2.29. The first-order valence-corrected chi connectivity index (χ1v) is 9.51. The molecule has 0 radical (unpaired) electrons. The number of carboxylic acids is 2. The Kier molecular flexibility index (Phi) is 7.57. The molecule has 0 spiro atoms. The number of amides is 1. The van der Waals surface area contributed by atoms with Gasteiger partial charge in [0.1, 0.15) is 4.88 Å². The zero-order valence-corrected chi connectivity index (χ0v) is 16.6. The van der Waals surface area contributed by atoms with Crippen LogP contribution in [-0.2, 0) is 29.1 Å². The molecule has 0 fully saturated rings. The molecule has 11 heteroatoms. The Hall–Kier alpha value is -2.92. The second kappa shape index (κ2) is 9.72. The number of carbonyl (C=O) groups is 3. The van der Waals surface area contributed by atoms with Crippen molar-refractivity contribution in [2.24, 2.45) is 0 Å². The maximum atomic E-state index is 11.1. The predicted molar refractivity (Wildman–Crippen MR) is 104 cm³/mol. The number of hydrogen-bond donors (Lipinski definition) is 3. The lowest BCUT2D eigenvalue weighted by atomic mass is 10.1. The second-order valence-corrected chi connectivity index (χ2v) is 7.64. The van der Waals surface area contributed by atoms with Crippen molar-refractivity contribution in [2.45, 2.75) is 32.6 Å². The van der Waals surface area contributed by atoms with E-state index < -0.39 is 18.1 Å². The van der Waals surface area contributed by atoms with E-state index in [0.29, 0.717) is 4.88 Å². The van der Waals surface area contributed by atoms with Crippen LogP contribution in [-0.4, -0.2) is 45.7 Å². The molecule has 3 rings (SSSR count). The smallest absolute Gasteiger partial charge is 0.477 e. The molecule has 1 aromatic carbocycles. The van der Waals surface area contributed by atoms with E-state index in [4.69, 9.17) is 15.0 Å². The Morgan fingerprint density at radius 2 is 1.77 bits per heavy atom. The monoisotopic (exact) mass is 444 g/mol. The molecule has 1 amide bonds. The number of hydrogen-bond acceptors (Lipinski definition) is 5. The number of thiophene rings is 1. The van der Waals surface area contributed by atoms with Gasteiger partial charge in [-0.1, -0.05) is 12.1 Å². The van der Waals surface area contributed by atoms with Crippen LogP contribution in [0.15, 0.2) is 30.3 Å². The third-order valence-corrected chi connectivity index (χ3v) is 5.25. The number of benzene rings is 1. The number of anilines is 1. The molecular weight excluding hydrogens is 425 g/mol. The van der Waals surface area contributed by atoms with Crippen LogP contribution in [0.5, 0.6) is 0 Å². The van der Waals surface area contributed by atoms with Gasteiger partial charge in [0.2, 0.25) is 5.91 Å². The molecule has 0 aliphatic carbocycles. The fraction of sp³-hybridized carbons (Fsp3) is 0.316. The molecule has 0 saturated carbocycles. The van der Waals surface area contributed by atoms with E-state index >= 15 is 0 Å². The Labute approximate surface area is 173 Å². The summed E-state index contributed by atoms with van der Waals surface area (Å²) >= 11 is 1.38. The quantitative estimate of drug-likeness (QED) is 0.665. The van der Waals surface area contributed by atoms with Gasteiger partial charge in [0.25, 0.3) is 0 Å². The molecule has 1 aliphatic heterocycles. The van der Waals surface area contributed by atoms with E-state index in [2.05, 4.69) is 10.2 Å². The van der Waals surface area contributed by atoms with Crippen molar-refractivity contribution in [1.82, 2.24) is 4.90 Å². The fourth-order valence-electron chi connectivity index (χ4n) is 2.77. The molecule has 2 heterocycles. The maximum absolute atomic E-state index is 11.1. The number of fused-ring (bicyclic) bond motifs is 1. The van der Waals surface area contributed by atoms with Gasteiger partial charge in [0.15, 0.2) is 0 Å². The highest BCUT2D eigenvalue weighted by molar-refractivity contribution is 7.14. The van der Waals surface area contributed by atoms with Crippen LogP contribution in [0.2, 0.25) is 0 Å². The molecule has 0 unspecified atom stereocenters. The number of rotatable bonds is 4. The molecule has 162 valence electrons. The minimum Gasteiger partial charge on any atom is -0.477 e. The summed E-state index contributed by atoms with van der Waals surface area (Å²) in [5, 5.41) is 19.0. The van der Waals surface area contributed by atoms with Gasteiger partial charge in [-0.05, 0) is 35.7 Å². The average molecular weight is 444 g/mol. The van der Waals surface area contributed by atoms with E-state index in [9.17, 15) is 22.8 Å². The minimum absolute atomic E-state index is 0.0757. The highest BCUT2D eigenvalue weighted by Gasteiger charge is 2.38. The van der Waals surface area contributed by atoms with Crippen molar-refractivity contribution in [3.63, 3.8) is 0 Å². The SMILES string of the molecule is CC(=O)Nc1ccc(CN2CCc3cc(C(=O)O)sc3C2)cc1.O=C(O)C(F)(F)F. The largest absolute Gasteiger partial charge is 0.490 e. The first kappa shape index (κ1) is 23.4. The topological polar surface area (TPSA) is 107 Å². The van der Waals surface area contributed by atoms with Crippen molar-refractivity contribution in [3.8, 4) is 0 Å². The standard InChI is InChI=1S/C17H18N2O3S.C2HF3O2/c1-11(20)18-14-4-2-12(3-5-14)9-19-7-6-13-8-15(17(21)22)23-16(13)10-19;3-2(4,5)1(6)7/h2-5,8H,6-7,9-10H2,1H3,(H,18,20)(H,21,22);(H,6,7). The number of nitrogens with one attached hydrogen (secondary N) is 1. The van der Waals surface area contributed by atoms with E-state index in [0.717, 1.165) is 36.6 Å². The molecule has 7 nitrogen and oxygen atoms in total. The minimum atomic E-state index is -5.08. The molecule has 2 aromatic rings. The van der Waals surface area contributed by atoms with Crippen molar-refractivity contribution >= 4 is 34.9 Å². The summed E-state index contributed by atoms with van der Waals surface area (Å²) in [5.41, 5.74) is 3.15. The van der Waals surface area contributed by atoms with Crippen LogP contribution < -0.4 is 5.32 Å². The van der Waals surface area contributed by atoms with Crippen LogP contribution in [0.4, 0.5) is 18.9 Å². The Morgan fingerprint density at radius 3 is 2.27 bits per heavy atom. The molecular formula is C19H19F3N2O5S. The first-order valence-electron chi connectivity index (χ1n) is 8.69. The number of alkyl halides is 3. The lowest BCUT2D eigenvalue weighted by Crippen LogP contribution is -2.28. The van der Waals surface area contributed by atoms with Gasteiger partial charge in [-0.3, -0.25) is 9.69 Å². The maximum Gasteiger partial charge on any atom is 0.490 e. The fourth-order valence-corrected chi connectivity index (χ4v) is 3.86. The molecule has 0 atom stereocenters. The number of halogens is 3. The van der Waals surface area contributed by atoms with Gasteiger partial charge in [-0.2, -0.15) is 13.2 Å². The van der Waals surface area contributed by atoms with Crippen molar-refractivity contribution < 1.29 is 37.8 Å². The van der Waals surface area contributed by atoms with Gasteiger partial charge < -0.3 is 15.5 Å². The molecule has 1 aromatic heterocycles. The van der Waals surface area contributed by atoms with Crippen LogP contribution in [0, 0.1) is 0 Å². The van der Waals surface area contributed by atoms with Crippen molar-refractivity contribution in [3.05, 3.63) is 51.2 Å². The summed E-state index contributed by atoms with van der Waals surface area (Å²) in [5.74, 6) is -3.68. The highest BCUT2D eigenvalue weighted by atomic mass is 32.1. The summed E-state index contributed by atoms with van der Waals surface area (Å²) in [6.07, 6.45) is -4.19. The van der Waals surface area contributed by atoms with E-state index in [1.54, 1.807) is 0 Å². The molecule has 3 N–H and O–H groups in total. The Bertz CT molecular complexity index is 925. The lowest BCUT2D eigenvalue weighted by molar-refractivity contribution is -0.192. The van der Waals surface area contributed by atoms with Crippen molar-refractivity contribution in [2.75, 3.05) is 11.9 Å². The van der Waals surface area contributed by atoms with Gasteiger partial charge in [0, 0.05) is 37.1 Å². The van der Waals surface area contributed by atoms with Crippen LogP contribution in [0.25, 0.3) is 0 Å².